The molecule has 1 saturated heterocycles. The molecule has 0 aliphatic carbocycles. The molecule has 1 N–H and O–H groups in total. The number of hydrogen-bond acceptors (Lipinski definition) is 6. The summed E-state index contributed by atoms with van der Waals surface area (Å²) < 4.78 is 5.40. The first kappa shape index (κ1) is 16.6. The molecule has 0 aromatic carbocycles. The topological polar surface area (TPSA) is 84.2 Å². The molecule has 1 unspecified atom stereocenters. The lowest BCUT2D eigenvalue weighted by molar-refractivity contribution is -0.119. The van der Waals surface area contributed by atoms with Crippen molar-refractivity contribution in [3.8, 4) is 11.5 Å². The van der Waals surface area contributed by atoms with Crippen LogP contribution in [0.3, 0.4) is 0 Å². The number of carbonyl (C=O) groups excluding carboxylic acids is 1. The normalized spacial score (nSPS) is 18.5. The van der Waals surface area contributed by atoms with E-state index in [9.17, 15) is 4.79 Å². The van der Waals surface area contributed by atoms with Crippen LogP contribution in [-0.2, 0) is 11.3 Å². The van der Waals surface area contributed by atoms with Crippen LogP contribution in [0.15, 0.2) is 28.9 Å². The van der Waals surface area contributed by atoms with Crippen molar-refractivity contribution in [2.24, 2.45) is 0 Å². The van der Waals surface area contributed by atoms with Crippen LogP contribution in [0.4, 0.5) is 0 Å². The van der Waals surface area contributed by atoms with E-state index in [0.29, 0.717) is 36.5 Å². The fourth-order valence-corrected chi connectivity index (χ4v) is 3.10. The standard InChI is InChI=1S/C17H23N5O2/c1-13(23)18-10-8-14-6-3-5-11-22(14)12-16-20-17(21-24-16)15-7-2-4-9-19-15/h2,4,7,9,14H,3,5-6,8,10-12H2,1H3,(H,18,23). The second-order valence-corrected chi connectivity index (χ2v) is 6.12. The van der Waals surface area contributed by atoms with Crippen molar-refractivity contribution < 1.29 is 9.32 Å². The Morgan fingerprint density at radius 1 is 1.42 bits per heavy atom. The highest BCUT2D eigenvalue weighted by Crippen LogP contribution is 2.22. The molecule has 7 heteroatoms. The van der Waals surface area contributed by atoms with Gasteiger partial charge >= 0.3 is 0 Å². The molecule has 1 fully saturated rings. The number of amides is 1. The number of nitrogens with zero attached hydrogens (tertiary/aromatic N) is 4. The van der Waals surface area contributed by atoms with Crippen LogP contribution in [0, 0.1) is 0 Å². The summed E-state index contributed by atoms with van der Waals surface area (Å²) in [6.45, 7) is 3.92. The van der Waals surface area contributed by atoms with Crippen LogP contribution in [-0.4, -0.2) is 45.1 Å². The Labute approximate surface area is 141 Å². The molecule has 1 amide bonds. The minimum absolute atomic E-state index is 0.0225. The summed E-state index contributed by atoms with van der Waals surface area (Å²) in [6.07, 6.45) is 6.21. The zero-order valence-corrected chi connectivity index (χ0v) is 13.9. The fraction of sp³-hybridized carbons (Fsp3) is 0.529. The van der Waals surface area contributed by atoms with Crippen LogP contribution in [0.25, 0.3) is 11.5 Å². The van der Waals surface area contributed by atoms with E-state index in [4.69, 9.17) is 4.52 Å². The third-order valence-electron chi connectivity index (χ3n) is 4.30. The largest absolute Gasteiger partial charge is 0.356 e. The van der Waals surface area contributed by atoms with Gasteiger partial charge in [-0.3, -0.25) is 14.7 Å². The molecular formula is C17H23N5O2. The van der Waals surface area contributed by atoms with Gasteiger partial charge in [-0.15, -0.1) is 0 Å². The number of nitrogens with one attached hydrogen (secondary N) is 1. The van der Waals surface area contributed by atoms with Gasteiger partial charge in [0.15, 0.2) is 0 Å². The van der Waals surface area contributed by atoms with Gasteiger partial charge in [0, 0.05) is 25.7 Å². The highest BCUT2D eigenvalue weighted by molar-refractivity contribution is 5.72. The fourth-order valence-electron chi connectivity index (χ4n) is 3.10. The molecule has 0 saturated carbocycles. The highest BCUT2D eigenvalue weighted by Gasteiger charge is 2.24. The van der Waals surface area contributed by atoms with Crippen molar-refractivity contribution in [1.29, 1.82) is 0 Å². The lowest BCUT2D eigenvalue weighted by Crippen LogP contribution is -2.41. The predicted octanol–water partition coefficient (Wildman–Crippen LogP) is 2.01. The first-order valence-electron chi connectivity index (χ1n) is 8.45. The van der Waals surface area contributed by atoms with E-state index in [0.717, 1.165) is 19.4 Å². The summed E-state index contributed by atoms with van der Waals surface area (Å²) >= 11 is 0. The van der Waals surface area contributed by atoms with Crippen molar-refractivity contribution in [2.75, 3.05) is 13.1 Å². The van der Waals surface area contributed by atoms with Crippen LogP contribution in [0.2, 0.25) is 0 Å². The molecule has 24 heavy (non-hydrogen) atoms. The number of rotatable bonds is 6. The number of piperidine rings is 1. The number of hydrogen-bond donors (Lipinski definition) is 1. The van der Waals surface area contributed by atoms with Gasteiger partial charge in [-0.05, 0) is 37.9 Å². The Balaban J connectivity index is 1.61. The van der Waals surface area contributed by atoms with Gasteiger partial charge in [-0.2, -0.15) is 4.98 Å². The molecule has 1 atom stereocenters. The van der Waals surface area contributed by atoms with Crippen LogP contribution < -0.4 is 5.32 Å². The Morgan fingerprint density at radius 2 is 2.33 bits per heavy atom. The van der Waals surface area contributed by atoms with E-state index in [1.165, 1.54) is 12.8 Å². The van der Waals surface area contributed by atoms with Crippen LogP contribution in [0.5, 0.6) is 0 Å². The molecule has 3 heterocycles. The first-order valence-corrected chi connectivity index (χ1v) is 8.45. The maximum absolute atomic E-state index is 11.0. The number of aromatic nitrogens is 3. The second kappa shape index (κ2) is 8.01. The smallest absolute Gasteiger partial charge is 0.241 e. The molecule has 7 nitrogen and oxygen atoms in total. The Kier molecular flexibility index (Phi) is 5.53. The lowest BCUT2D eigenvalue weighted by Gasteiger charge is -2.34. The first-order chi connectivity index (χ1) is 11.7. The molecule has 1 aliphatic heterocycles. The number of pyridine rings is 1. The van der Waals surface area contributed by atoms with Gasteiger partial charge in [0.1, 0.15) is 5.69 Å². The quantitative estimate of drug-likeness (QED) is 0.873. The molecular weight excluding hydrogens is 306 g/mol. The molecule has 0 radical (unpaired) electrons. The summed E-state index contributed by atoms with van der Waals surface area (Å²) in [4.78, 5) is 22.1. The average Bonchev–Trinajstić information content (AvgIpc) is 3.05. The summed E-state index contributed by atoms with van der Waals surface area (Å²) in [5, 5.41) is 6.91. The van der Waals surface area contributed by atoms with E-state index in [1.807, 2.05) is 18.2 Å². The Bertz CT molecular complexity index is 658. The van der Waals surface area contributed by atoms with Crippen molar-refractivity contribution >= 4 is 5.91 Å². The lowest BCUT2D eigenvalue weighted by atomic mass is 9.99. The summed E-state index contributed by atoms with van der Waals surface area (Å²) in [5.41, 5.74) is 0.716. The van der Waals surface area contributed by atoms with E-state index in [1.54, 1.807) is 13.1 Å². The van der Waals surface area contributed by atoms with Crippen molar-refractivity contribution in [2.45, 2.75) is 45.2 Å². The molecule has 0 spiro atoms. The maximum atomic E-state index is 11.0. The van der Waals surface area contributed by atoms with Gasteiger partial charge in [0.2, 0.25) is 17.6 Å². The van der Waals surface area contributed by atoms with Crippen molar-refractivity contribution in [3.05, 3.63) is 30.3 Å². The van der Waals surface area contributed by atoms with Crippen molar-refractivity contribution in [3.63, 3.8) is 0 Å². The second-order valence-electron chi connectivity index (χ2n) is 6.12. The zero-order valence-electron chi connectivity index (χ0n) is 13.9. The van der Waals surface area contributed by atoms with Crippen LogP contribution in [0.1, 0.15) is 38.5 Å². The summed E-state index contributed by atoms with van der Waals surface area (Å²) in [6, 6.07) is 6.07. The minimum atomic E-state index is 0.0225. The van der Waals surface area contributed by atoms with E-state index in [-0.39, 0.29) is 5.91 Å². The third kappa shape index (κ3) is 4.38. The van der Waals surface area contributed by atoms with Crippen molar-refractivity contribution in [1.82, 2.24) is 25.3 Å². The Morgan fingerprint density at radius 3 is 3.12 bits per heavy atom. The van der Waals surface area contributed by atoms with Gasteiger partial charge in [0.25, 0.3) is 0 Å². The highest BCUT2D eigenvalue weighted by atomic mass is 16.5. The average molecular weight is 329 g/mol. The molecule has 1 aliphatic rings. The summed E-state index contributed by atoms with van der Waals surface area (Å²) in [7, 11) is 0. The van der Waals surface area contributed by atoms with Gasteiger partial charge in [-0.25, -0.2) is 0 Å². The number of likely N-dealkylation sites (tertiary alicyclic amines) is 1. The summed E-state index contributed by atoms with van der Waals surface area (Å²) in [5.74, 6) is 1.16. The van der Waals surface area contributed by atoms with E-state index in [2.05, 4.69) is 25.3 Å². The van der Waals surface area contributed by atoms with E-state index >= 15 is 0 Å². The van der Waals surface area contributed by atoms with E-state index < -0.39 is 0 Å². The number of carbonyl (C=O) groups is 1. The third-order valence-corrected chi connectivity index (χ3v) is 4.30. The molecule has 128 valence electrons. The minimum Gasteiger partial charge on any atom is -0.356 e. The molecule has 2 aromatic heterocycles. The molecule has 3 rings (SSSR count). The van der Waals surface area contributed by atoms with Gasteiger partial charge in [0.05, 0.1) is 6.54 Å². The monoisotopic (exact) mass is 329 g/mol. The maximum Gasteiger partial charge on any atom is 0.241 e. The predicted molar refractivity (Wildman–Crippen MR) is 88.9 cm³/mol. The SMILES string of the molecule is CC(=O)NCCC1CCCCN1Cc1nc(-c2ccccn2)no1. The zero-order chi connectivity index (χ0) is 16.8. The Hall–Kier alpha value is -2.28. The molecule has 2 aromatic rings. The van der Waals surface area contributed by atoms with Gasteiger partial charge in [-0.1, -0.05) is 17.6 Å². The molecule has 0 bridgehead atoms. The van der Waals surface area contributed by atoms with Crippen LogP contribution >= 0.6 is 0 Å². The van der Waals surface area contributed by atoms with Gasteiger partial charge < -0.3 is 9.84 Å².